The van der Waals surface area contributed by atoms with Gasteiger partial charge in [-0.25, -0.2) is 9.18 Å². The summed E-state index contributed by atoms with van der Waals surface area (Å²) in [5, 5.41) is 8.06. The Kier molecular flexibility index (Phi) is 6.32. The number of halogens is 5. The van der Waals surface area contributed by atoms with Gasteiger partial charge in [0.1, 0.15) is 0 Å². The minimum absolute atomic E-state index is 0.0994. The van der Waals surface area contributed by atoms with Gasteiger partial charge in [0.15, 0.2) is 5.82 Å². The first-order valence-electron chi connectivity index (χ1n) is 9.22. The number of carbonyl (C=O) groups is 1. The number of benzene rings is 2. The molecule has 1 aromatic heterocycles. The second kappa shape index (κ2) is 8.84. The third-order valence-corrected chi connectivity index (χ3v) is 5.94. The molecule has 0 atom stereocenters. The van der Waals surface area contributed by atoms with Crippen LogP contribution in [0.5, 0.6) is 0 Å². The fourth-order valence-corrected chi connectivity index (χ4v) is 4.52. The van der Waals surface area contributed by atoms with E-state index in [1.807, 2.05) is 0 Å². The Labute approximate surface area is 197 Å². The summed E-state index contributed by atoms with van der Waals surface area (Å²) in [5.74, 6) is -0.686. The smallest absolute Gasteiger partial charge is 0.322 e. The molecule has 0 saturated heterocycles. The number of nitrogens with one attached hydrogen (secondary N) is 1. The standard InChI is InChI=1S/C20H16Cl4FN5O/c21-11-5-12(22)7-13(6-11)27-20(31)29-1-2-30-17(9-29)14(8-26)19(28-30)10-3-15(23)18(25)16(24)4-10/h3-7H,1-2,8-9,26H2,(H,27,31). The van der Waals surface area contributed by atoms with Gasteiger partial charge in [0.05, 0.1) is 34.5 Å². The summed E-state index contributed by atoms with van der Waals surface area (Å²) in [6, 6.07) is 7.44. The lowest BCUT2D eigenvalue weighted by molar-refractivity contribution is 0.194. The van der Waals surface area contributed by atoms with Gasteiger partial charge in [0.25, 0.3) is 0 Å². The van der Waals surface area contributed by atoms with Crippen LogP contribution in [0.1, 0.15) is 11.3 Å². The number of hydrogen-bond acceptors (Lipinski definition) is 3. The maximum Gasteiger partial charge on any atom is 0.322 e. The van der Waals surface area contributed by atoms with Crippen molar-refractivity contribution >= 4 is 58.1 Å². The summed E-state index contributed by atoms with van der Waals surface area (Å²) in [7, 11) is 0. The predicted molar refractivity (Wildman–Crippen MR) is 121 cm³/mol. The maximum atomic E-state index is 13.8. The summed E-state index contributed by atoms with van der Waals surface area (Å²) in [4.78, 5) is 14.4. The molecule has 1 aliphatic rings. The van der Waals surface area contributed by atoms with Gasteiger partial charge < -0.3 is 16.0 Å². The van der Waals surface area contributed by atoms with E-state index in [0.717, 1.165) is 11.3 Å². The van der Waals surface area contributed by atoms with Gasteiger partial charge in [-0.2, -0.15) is 5.10 Å². The van der Waals surface area contributed by atoms with Crippen LogP contribution in [0.15, 0.2) is 30.3 Å². The topological polar surface area (TPSA) is 76.2 Å². The van der Waals surface area contributed by atoms with Crippen LogP contribution in [0.4, 0.5) is 14.9 Å². The van der Waals surface area contributed by atoms with Crippen LogP contribution in [0.2, 0.25) is 20.1 Å². The van der Waals surface area contributed by atoms with Crippen molar-refractivity contribution in [1.29, 1.82) is 0 Å². The molecule has 6 nitrogen and oxygen atoms in total. The first-order chi connectivity index (χ1) is 14.8. The normalized spacial score (nSPS) is 13.3. The lowest BCUT2D eigenvalue weighted by Gasteiger charge is -2.28. The van der Waals surface area contributed by atoms with Crippen LogP contribution in [-0.4, -0.2) is 27.3 Å². The highest BCUT2D eigenvalue weighted by Crippen LogP contribution is 2.34. The second-order valence-electron chi connectivity index (χ2n) is 6.96. The molecule has 3 aromatic rings. The van der Waals surface area contributed by atoms with E-state index in [2.05, 4.69) is 10.4 Å². The third-order valence-electron chi connectivity index (χ3n) is 4.95. The van der Waals surface area contributed by atoms with Crippen LogP contribution < -0.4 is 11.1 Å². The van der Waals surface area contributed by atoms with Crippen molar-refractivity contribution in [2.24, 2.45) is 5.73 Å². The zero-order valence-electron chi connectivity index (χ0n) is 15.9. The highest BCUT2D eigenvalue weighted by Gasteiger charge is 2.27. The molecule has 0 aliphatic carbocycles. The number of hydrogen-bond donors (Lipinski definition) is 2. The number of rotatable bonds is 3. The van der Waals surface area contributed by atoms with E-state index < -0.39 is 5.82 Å². The van der Waals surface area contributed by atoms with E-state index >= 15 is 0 Å². The van der Waals surface area contributed by atoms with Crippen molar-refractivity contribution in [2.75, 3.05) is 11.9 Å². The van der Waals surface area contributed by atoms with Crippen molar-refractivity contribution in [3.05, 3.63) is 67.5 Å². The molecule has 0 radical (unpaired) electrons. The quantitative estimate of drug-likeness (QED) is 0.444. The van der Waals surface area contributed by atoms with Crippen LogP contribution in [0, 0.1) is 5.82 Å². The first-order valence-corrected chi connectivity index (χ1v) is 10.7. The van der Waals surface area contributed by atoms with Crippen molar-refractivity contribution in [3.8, 4) is 11.3 Å². The van der Waals surface area contributed by atoms with E-state index in [1.54, 1.807) is 27.8 Å². The van der Waals surface area contributed by atoms with Crippen LogP contribution >= 0.6 is 46.4 Å². The molecular weight excluding hydrogens is 487 g/mol. The zero-order chi connectivity index (χ0) is 22.3. The second-order valence-corrected chi connectivity index (χ2v) is 8.65. The molecule has 0 fully saturated rings. The minimum Gasteiger partial charge on any atom is -0.326 e. The Morgan fingerprint density at radius 3 is 2.32 bits per heavy atom. The number of urea groups is 1. The number of nitrogens with two attached hydrogens (primary N) is 1. The average Bonchev–Trinajstić information content (AvgIpc) is 3.08. The highest BCUT2D eigenvalue weighted by atomic mass is 35.5. The largest absolute Gasteiger partial charge is 0.326 e. The number of aromatic nitrogens is 2. The van der Waals surface area contributed by atoms with Crippen molar-refractivity contribution in [2.45, 2.75) is 19.6 Å². The molecule has 31 heavy (non-hydrogen) atoms. The van der Waals surface area contributed by atoms with Crippen LogP contribution in [0.25, 0.3) is 11.3 Å². The Morgan fingerprint density at radius 2 is 1.71 bits per heavy atom. The number of fused-ring (bicyclic) bond motifs is 1. The van der Waals surface area contributed by atoms with Gasteiger partial charge in [-0.1, -0.05) is 46.4 Å². The van der Waals surface area contributed by atoms with Gasteiger partial charge in [0, 0.05) is 39.9 Å². The number of carbonyl (C=O) groups excluding carboxylic acids is 1. The van der Waals surface area contributed by atoms with E-state index in [1.165, 1.54) is 12.1 Å². The molecular formula is C20H16Cl4FN5O. The summed E-state index contributed by atoms with van der Waals surface area (Å²) >= 11 is 23.9. The Hall–Kier alpha value is -2.03. The number of amides is 2. The molecule has 0 unspecified atom stereocenters. The molecule has 2 aromatic carbocycles. The SMILES string of the molecule is NCc1c(-c2cc(Cl)c(F)c(Cl)c2)nn2c1CN(C(=O)Nc1cc(Cl)cc(Cl)c1)CC2. The van der Waals surface area contributed by atoms with E-state index in [0.29, 0.717) is 46.6 Å². The maximum absolute atomic E-state index is 13.8. The molecule has 3 N–H and O–H groups in total. The zero-order valence-corrected chi connectivity index (χ0v) is 19.0. The highest BCUT2D eigenvalue weighted by molar-refractivity contribution is 6.35. The molecule has 0 saturated carbocycles. The summed E-state index contributed by atoms with van der Waals surface area (Å²) < 4.78 is 15.6. The molecule has 2 heterocycles. The Morgan fingerprint density at radius 1 is 1.06 bits per heavy atom. The molecule has 4 rings (SSSR count). The lowest BCUT2D eigenvalue weighted by Crippen LogP contribution is -2.41. The first kappa shape index (κ1) is 22.2. The lowest BCUT2D eigenvalue weighted by atomic mass is 10.0. The molecule has 0 spiro atoms. The monoisotopic (exact) mass is 501 g/mol. The Balaban J connectivity index is 1.61. The average molecular weight is 503 g/mol. The molecule has 0 bridgehead atoms. The summed E-state index contributed by atoms with van der Waals surface area (Å²) in [5.41, 5.74) is 9.14. The number of nitrogens with zero attached hydrogens (tertiary/aromatic N) is 3. The minimum atomic E-state index is -0.686. The fraction of sp³-hybridized carbons (Fsp3) is 0.200. The van der Waals surface area contributed by atoms with Gasteiger partial charge in [0.2, 0.25) is 0 Å². The van der Waals surface area contributed by atoms with Gasteiger partial charge in [-0.15, -0.1) is 0 Å². The molecule has 1 aliphatic heterocycles. The van der Waals surface area contributed by atoms with E-state index in [9.17, 15) is 9.18 Å². The van der Waals surface area contributed by atoms with E-state index in [4.69, 9.17) is 52.1 Å². The summed E-state index contributed by atoms with van der Waals surface area (Å²) in [6.07, 6.45) is 0. The molecule has 2 amide bonds. The fourth-order valence-electron chi connectivity index (χ4n) is 3.51. The third kappa shape index (κ3) is 4.47. The van der Waals surface area contributed by atoms with Crippen LogP contribution in [0.3, 0.4) is 0 Å². The summed E-state index contributed by atoms with van der Waals surface area (Å²) in [6.45, 7) is 1.37. The van der Waals surface area contributed by atoms with E-state index in [-0.39, 0.29) is 22.6 Å². The van der Waals surface area contributed by atoms with Crippen molar-refractivity contribution in [1.82, 2.24) is 14.7 Å². The predicted octanol–water partition coefficient (Wildman–Crippen LogP) is 5.81. The molecule has 11 heteroatoms. The molecule has 162 valence electrons. The van der Waals surface area contributed by atoms with Gasteiger partial charge in [-0.05, 0) is 30.3 Å². The van der Waals surface area contributed by atoms with Crippen LogP contribution in [-0.2, 0) is 19.6 Å². The van der Waals surface area contributed by atoms with Gasteiger partial charge in [-0.3, -0.25) is 4.68 Å². The van der Waals surface area contributed by atoms with Crippen molar-refractivity contribution in [3.63, 3.8) is 0 Å². The number of anilines is 1. The van der Waals surface area contributed by atoms with Crippen molar-refractivity contribution < 1.29 is 9.18 Å². The Bertz CT molecular complexity index is 1140. The van der Waals surface area contributed by atoms with Gasteiger partial charge >= 0.3 is 6.03 Å².